The molecule has 0 aromatic heterocycles. The summed E-state index contributed by atoms with van der Waals surface area (Å²) in [4.78, 5) is 4.37. The molecule has 0 radical (unpaired) electrons. The van der Waals surface area contributed by atoms with Crippen LogP contribution in [0.5, 0.6) is 0 Å². The fourth-order valence-corrected chi connectivity index (χ4v) is 2.57. The molecule has 0 saturated heterocycles. The molecule has 1 aliphatic rings. The lowest BCUT2D eigenvalue weighted by Crippen LogP contribution is -1.95. The van der Waals surface area contributed by atoms with Crippen molar-refractivity contribution in [3.05, 3.63) is 24.3 Å². The molecule has 0 N–H and O–H groups in total. The highest BCUT2D eigenvalue weighted by Gasteiger charge is 2.08. The van der Waals surface area contributed by atoms with Crippen LogP contribution < -0.4 is 0 Å². The molecule has 1 aromatic rings. The van der Waals surface area contributed by atoms with Crippen LogP contribution in [0.25, 0.3) is 0 Å². The van der Waals surface area contributed by atoms with Crippen LogP contribution in [-0.4, -0.2) is 32.1 Å². The quantitative estimate of drug-likeness (QED) is 0.773. The van der Waals surface area contributed by atoms with Crippen molar-refractivity contribution in [1.82, 2.24) is 0 Å². The molecule has 2 rings (SSSR count). The van der Waals surface area contributed by atoms with E-state index in [2.05, 4.69) is 15.2 Å². The van der Waals surface area contributed by atoms with Crippen molar-refractivity contribution in [3.8, 4) is 0 Å². The Morgan fingerprint density at radius 1 is 1.35 bits per heavy atom. The second kappa shape index (κ2) is 4.97. The first kappa shape index (κ1) is 12.3. The van der Waals surface area contributed by atoms with Gasteiger partial charge in [0.05, 0.1) is 17.1 Å². The predicted molar refractivity (Wildman–Crippen MR) is 68.8 cm³/mol. The van der Waals surface area contributed by atoms with Gasteiger partial charge < -0.3 is 0 Å². The molecule has 7 heteroatoms. The second-order valence-corrected chi connectivity index (χ2v) is 6.56. The normalized spacial score (nSPS) is 16.4. The van der Waals surface area contributed by atoms with Crippen molar-refractivity contribution in [1.29, 1.82) is 0 Å². The summed E-state index contributed by atoms with van der Waals surface area (Å²) in [5, 5.41) is 8.58. The minimum atomic E-state index is -3.20. The van der Waals surface area contributed by atoms with E-state index in [4.69, 9.17) is 0 Å². The molecule has 1 heterocycles. The Labute approximate surface area is 104 Å². The molecule has 5 nitrogen and oxygen atoms in total. The molecule has 17 heavy (non-hydrogen) atoms. The van der Waals surface area contributed by atoms with Crippen LogP contribution >= 0.6 is 11.8 Å². The summed E-state index contributed by atoms with van der Waals surface area (Å²) in [6.07, 6.45) is 1.17. The minimum Gasteiger partial charge on any atom is -0.258 e. The molecular formula is C10H11N3O2S2. The van der Waals surface area contributed by atoms with Gasteiger partial charge >= 0.3 is 0 Å². The monoisotopic (exact) mass is 269 g/mol. The van der Waals surface area contributed by atoms with Gasteiger partial charge in [-0.15, -0.1) is 10.2 Å². The van der Waals surface area contributed by atoms with Gasteiger partial charge in [-0.25, -0.2) is 8.42 Å². The number of azo groups is 1. The molecule has 90 valence electrons. The van der Waals surface area contributed by atoms with E-state index >= 15 is 0 Å². The van der Waals surface area contributed by atoms with E-state index < -0.39 is 9.84 Å². The third-order valence-electron chi connectivity index (χ3n) is 2.07. The number of amidine groups is 1. The highest BCUT2D eigenvalue weighted by atomic mass is 32.2. The summed E-state index contributed by atoms with van der Waals surface area (Å²) >= 11 is 1.54. The first-order valence-electron chi connectivity index (χ1n) is 4.95. The molecule has 0 bridgehead atoms. The van der Waals surface area contributed by atoms with E-state index in [1.807, 2.05) is 0 Å². The fraction of sp³-hybridized carbons (Fsp3) is 0.300. The second-order valence-electron chi connectivity index (χ2n) is 3.48. The highest BCUT2D eigenvalue weighted by molar-refractivity contribution is 8.14. The van der Waals surface area contributed by atoms with Gasteiger partial charge in [0, 0.05) is 12.0 Å². The number of rotatable bonds is 2. The summed E-state index contributed by atoms with van der Waals surface area (Å²) < 4.78 is 22.7. The predicted octanol–water partition coefficient (Wildman–Crippen LogP) is 2.28. The summed E-state index contributed by atoms with van der Waals surface area (Å²) in [5.41, 5.74) is 0.517. The van der Waals surface area contributed by atoms with Crippen LogP contribution in [-0.2, 0) is 9.84 Å². The molecule has 0 aliphatic carbocycles. The Morgan fingerprint density at radius 3 is 2.82 bits per heavy atom. The molecule has 0 spiro atoms. The van der Waals surface area contributed by atoms with Gasteiger partial charge in [0.1, 0.15) is 0 Å². The Balaban J connectivity index is 2.22. The van der Waals surface area contributed by atoms with Crippen molar-refractivity contribution in [2.75, 3.05) is 18.6 Å². The molecule has 0 fully saturated rings. The summed E-state index contributed by atoms with van der Waals surface area (Å²) in [6.45, 7) is 0.766. The lowest BCUT2D eigenvalue weighted by Gasteiger charge is -1.98. The number of benzene rings is 1. The zero-order valence-corrected chi connectivity index (χ0v) is 10.8. The third kappa shape index (κ3) is 3.37. The average molecular weight is 269 g/mol. The average Bonchev–Trinajstić information content (AvgIpc) is 2.78. The summed E-state index contributed by atoms with van der Waals surface area (Å²) in [5.74, 6) is 0.928. The van der Waals surface area contributed by atoms with Gasteiger partial charge in [0.15, 0.2) is 9.84 Å². The molecule has 0 amide bonds. The SMILES string of the molecule is CS(=O)(=O)c1cccc(N=NC2=NCCS2)c1. The van der Waals surface area contributed by atoms with Gasteiger partial charge in [0.2, 0.25) is 5.17 Å². The number of hydrogen-bond acceptors (Lipinski definition) is 6. The van der Waals surface area contributed by atoms with E-state index in [0.717, 1.165) is 12.3 Å². The lowest BCUT2D eigenvalue weighted by atomic mass is 10.3. The van der Waals surface area contributed by atoms with Crippen LogP contribution in [0.2, 0.25) is 0 Å². The van der Waals surface area contributed by atoms with Gasteiger partial charge in [0.25, 0.3) is 0 Å². The number of aliphatic imine (C=N–C) groups is 1. The minimum absolute atomic E-state index is 0.245. The first-order valence-corrected chi connectivity index (χ1v) is 7.82. The summed E-state index contributed by atoms with van der Waals surface area (Å²) in [7, 11) is -3.20. The highest BCUT2D eigenvalue weighted by Crippen LogP contribution is 2.20. The van der Waals surface area contributed by atoms with Crippen LogP contribution in [0.3, 0.4) is 0 Å². The number of sulfone groups is 1. The zero-order valence-electron chi connectivity index (χ0n) is 9.20. The maximum Gasteiger partial charge on any atom is 0.204 e. The van der Waals surface area contributed by atoms with Crippen molar-refractivity contribution in [3.63, 3.8) is 0 Å². The molecule has 0 unspecified atom stereocenters. The van der Waals surface area contributed by atoms with E-state index in [1.165, 1.54) is 18.4 Å². The Bertz CT molecular complexity index is 579. The Hall–Kier alpha value is -1.21. The van der Waals surface area contributed by atoms with Crippen LogP contribution in [0.15, 0.2) is 44.4 Å². The van der Waals surface area contributed by atoms with Crippen molar-refractivity contribution in [2.45, 2.75) is 4.90 Å². The first-order chi connectivity index (χ1) is 8.05. The van der Waals surface area contributed by atoms with Gasteiger partial charge in [-0.2, -0.15) is 0 Å². The van der Waals surface area contributed by atoms with Crippen molar-refractivity contribution >= 4 is 32.5 Å². The van der Waals surface area contributed by atoms with Gasteiger partial charge in [-0.1, -0.05) is 17.8 Å². The topological polar surface area (TPSA) is 71.2 Å². The molecule has 0 atom stereocenters. The van der Waals surface area contributed by atoms with E-state index in [1.54, 1.807) is 23.9 Å². The maximum absolute atomic E-state index is 11.3. The number of nitrogens with zero attached hydrogens (tertiary/aromatic N) is 3. The largest absolute Gasteiger partial charge is 0.258 e. The van der Waals surface area contributed by atoms with E-state index in [-0.39, 0.29) is 4.90 Å². The van der Waals surface area contributed by atoms with Gasteiger partial charge in [-0.3, -0.25) is 4.99 Å². The van der Waals surface area contributed by atoms with Crippen LogP contribution in [0.1, 0.15) is 0 Å². The van der Waals surface area contributed by atoms with Gasteiger partial charge in [-0.05, 0) is 18.2 Å². The summed E-state index contributed by atoms with van der Waals surface area (Å²) in [6, 6.07) is 6.39. The number of hydrogen-bond donors (Lipinski definition) is 0. The standard InChI is InChI=1S/C10H11N3O2S2/c1-17(14,15)9-4-2-3-8(7-9)12-13-10-11-5-6-16-10/h2-4,7H,5-6H2,1H3. The Kier molecular flexibility index (Phi) is 3.58. The smallest absolute Gasteiger partial charge is 0.204 e. The molecule has 1 aromatic carbocycles. The molecular weight excluding hydrogens is 258 g/mol. The van der Waals surface area contributed by atoms with E-state index in [0.29, 0.717) is 10.9 Å². The third-order valence-corrected chi connectivity index (χ3v) is 4.03. The zero-order chi connectivity index (χ0) is 12.3. The van der Waals surface area contributed by atoms with E-state index in [9.17, 15) is 8.42 Å². The maximum atomic E-state index is 11.3. The fourth-order valence-electron chi connectivity index (χ4n) is 1.26. The molecule has 1 aliphatic heterocycles. The van der Waals surface area contributed by atoms with Crippen molar-refractivity contribution < 1.29 is 8.42 Å². The lowest BCUT2D eigenvalue weighted by molar-refractivity contribution is 0.602. The number of thioether (sulfide) groups is 1. The van der Waals surface area contributed by atoms with Crippen molar-refractivity contribution in [2.24, 2.45) is 15.2 Å². The van der Waals surface area contributed by atoms with Crippen LogP contribution in [0.4, 0.5) is 5.69 Å². The Morgan fingerprint density at radius 2 is 2.18 bits per heavy atom. The molecule has 0 saturated carbocycles. The van der Waals surface area contributed by atoms with Crippen LogP contribution in [0, 0.1) is 0 Å².